The van der Waals surface area contributed by atoms with Crippen LogP contribution in [0.5, 0.6) is 0 Å². The van der Waals surface area contributed by atoms with Crippen LogP contribution in [0.1, 0.15) is 5.56 Å². The first-order valence-corrected chi connectivity index (χ1v) is 4.61. The molecule has 94 valence electrons. The van der Waals surface area contributed by atoms with Crippen LogP contribution in [-0.4, -0.2) is 11.0 Å². The van der Waals surface area contributed by atoms with E-state index in [2.05, 4.69) is 5.16 Å². The number of hydrogen-bond acceptors (Lipinski definition) is 4. The summed E-state index contributed by atoms with van der Waals surface area (Å²) in [5.41, 5.74) is 11.2. The molecule has 0 aromatic heterocycles. The molecule has 8 nitrogen and oxygen atoms in total. The van der Waals surface area contributed by atoms with E-state index in [1.54, 1.807) is 12.1 Å². The predicted molar refractivity (Wildman–Crippen MR) is 60.9 cm³/mol. The topological polar surface area (TPSA) is 141 Å². The summed E-state index contributed by atoms with van der Waals surface area (Å²) in [6.45, 7) is 0.384. The Balaban J connectivity index is 0.000000557. The van der Waals surface area contributed by atoms with Gasteiger partial charge in [-0.3, -0.25) is 11.5 Å². The maximum absolute atomic E-state index is 8.25. The fourth-order valence-corrected chi connectivity index (χ4v) is 0.909. The van der Waals surface area contributed by atoms with Gasteiger partial charge in [-0.15, -0.1) is 5.16 Å². The van der Waals surface area contributed by atoms with Crippen molar-refractivity contribution in [3.05, 3.63) is 50.2 Å². The molecule has 0 saturated heterocycles. The lowest BCUT2D eigenvalue weighted by molar-refractivity contribution is -0.759. The first-order chi connectivity index (χ1) is 7.91. The van der Waals surface area contributed by atoms with Gasteiger partial charge in [0.1, 0.15) is 0 Å². The van der Waals surface area contributed by atoms with Crippen molar-refractivity contribution in [2.45, 2.75) is 6.61 Å². The van der Waals surface area contributed by atoms with Crippen LogP contribution in [-0.2, 0) is 11.4 Å². The van der Waals surface area contributed by atoms with Gasteiger partial charge in [-0.25, -0.2) is 0 Å². The lowest BCUT2D eigenvalue weighted by Crippen LogP contribution is -2.76. The maximum Gasteiger partial charge on any atom is 0.375 e. The molecule has 0 unspecified atom stereocenters. The van der Waals surface area contributed by atoms with E-state index in [1.807, 2.05) is 12.1 Å². The fourth-order valence-electron chi connectivity index (χ4n) is 0.783. The van der Waals surface area contributed by atoms with Gasteiger partial charge in [0, 0.05) is 5.02 Å². The van der Waals surface area contributed by atoms with Gasteiger partial charge in [0.05, 0.1) is 5.09 Å². The van der Waals surface area contributed by atoms with Crippen molar-refractivity contribution in [3.8, 4) is 0 Å². The summed E-state index contributed by atoms with van der Waals surface area (Å²) in [5, 5.41) is 17.8. The van der Waals surface area contributed by atoms with Gasteiger partial charge in [-0.05, 0) is 17.7 Å². The lowest BCUT2D eigenvalue weighted by Gasteiger charge is -1.98. The quantitative estimate of drug-likeness (QED) is 0.273. The minimum atomic E-state index is -1.75. The highest BCUT2D eigenvalue weighted by atomic mass is 35.5. The van der Waals surface area contributed by atoms with Gasteiger partial charge in [-0.2, -0.15) is 0 Å². The number of rotatable bonds is 3. The molecule has 0 spiro atoms. The van der Waals surface area contributed by atoms with E-state index >= 15 is 0 Å². The molecule has 0 aliphatic heterocycles. The Labute approximate surface area is 102 Å². The van der Waals surface area contributed by atoms with E-state index in [1.165, 1.54) is 0 Å². The Bertz CT molecular complexity index is 374. The summed E-state index contributed by atoms with van der Waals surface area (Å²) >= 11 is 5.70. The zero-order chi connectivity index (χ0) is 13.3. The van der Waals surface area contributed by atoms with Crippen molar-refractivity contribution in [3.63, 3.8) is 0 Å². The van der Waals surface area contributed by atoms with Crippen molar-refractivity contribution < 1.29 is 15.1 Å². The molecule has 0 amide bonds. The molecule has 1 aromatic carbocycles. The van der Waals surface area contributed by atoms with Crippen molar-refractivity contribution in [2.75, 3.05) is 0 Å². The Morgan fingerprint density at radius 3 is 2.24 bits per heavy atom. The van der Waals surface area contributed by atoms with Gasteiger partial charge in [-0.1, -0.05) is 23.7 Å². The highest BCUT2D eigenvalue weighted by Crippen LogP contribution is 2.09. The van der Waals surface area contributed by atoms with Crippen LogP contribution < -0.4 is 16.6 Å². The number of benzene rings is 1. The van der Waals surface area contributed by atoms with Crippen LogP contribution >= 0.6 is 11.6 Å². The van der Waals surface area contributed by atoms with Crippen molar-refractivity contribution >= 4 is 17.6 Å². The normalized spacial score (nSPS) is 8.53. The molecule has 9 heteroatoms. The van der Waals surface area contributed by atoms with Crippen LogP contribution in [0.3, 0.4) is 0 Å². The molecule has 0 aliphatic carbocycles. The molecule has 17 heavy (non-hydrogen) atoms. The van der Waals surface area contributed by atoms with Gasteiger partial charge in [0.15, 0.2) is 6.61 Å². The number of hydrogen-bond donors (Lipinski definition) is 3. The molecule has 0 aliphatic rings. The number of nitrogens with zero attached hydrogens (tertiary/aromatic N) is 1. The summed E-state index contributed by atoms with van der Waals surface area (Å²) in [6.07, 6.45) is 0. The largest absolute Gasteiger partial charge is 0.375 e. The van der Waals surface area contributed by atoms with Crippen molar-refractivity contribution in [1.29, 1.82) is 0 Å². The molecule has 0 atom stereocenters. The summed E-state index contributed by atoms with van der Waals surface area (Å²) in [4.78, 5) is 13.2. The second-order valence-electron chi connectivity index (χ2n) is 2.70. The second-order valence-corrected chi connectivity index (χ2v) is 3.13. The Kier molecular flexibility index (Phi) is 6.95. The fraction of sp³-hybridized carbons (Fsp3) is 0.125. The third-order valence-electron chi connectivity index (χ3n) is 1.34. The van der Waals surface area contributed by atoms with Crippen LogP contribution in [0.2, 0.25) is 5.02 Å². The standard InChI is InChI=1S/C8H10ClN3O.NO3/c9-7-3-1-6(2-4-7)5-13-12-8(10)11;2-1(3)4/h1-4H,5H2,(H4,10,11,12);/q;-1/p+1. The predicted octanol–water partition coefficient (Wildman–Crippen LogP) is -1.11. The highest BCUT2D eigenvalue weighted by molar-refractivity contribution is 6.30. The minimum absolute atomic E-state index is 0.0361. The Morgan fingerprint density at radius 1 is 1.35 bits per heavy atom. The van der Waals surface area contributed by atoms with Gasteiger partial charge < -0.3 is 20.2 Å². The number of guanidine groups is 1. The SMILES string of the molecule is NC(N)=[NH+]OCc1ccc(Cl)cc1.O=[N+]([O-])[O-]. The zero-order valence-electron chi connectivity index (χ0n) is 8.63. The van der Waals surface area contributed by atoms with Crippen molar-refractivity contribution in [1.82, 2.24) is 0 Å². The number of halogens is 1. The molecule has 0 bridgehead atoms. The third-order valence-corrected chi connectivity index (χ3v) is 1.59. The summed E-state index contributed by atoms with van der Waals surface area (Å²) in [7, 11) is 0. The maximum atomic E-state index is 8.25. The van der Waals surface area contributed by atoms with E-state index in [4.69, 9.17) is 43.2 Å². The van der Waals surface area contributed by atoms with Crippen LogP contribution in [0.25, 0.3) is 0 Å². The highest BCUT2D eigenvalue weighted by Gasteiger charge is 1.93. The molecule has 0 fully saturated rings. The summed E-state index contributed by atoms with van der Waals surface area (Å²) in [5.74, 6) is 0.0361. The monoisotopic (exact) mass is 262 g/mol. The van der Waals surface area contributed by atoms with Crippen molar-refractivity contribution in [2.24, 2.45) is 11.5 Å². The zero-order valence-corrected chi connectivity index (χ0v) is 9.39. The van der Waals surface area contributed by atoms with E-state index in [9.17, 15) is 0 Å². The van der Waals surface area contributed by atoms with Crippen LogP contribution in [0.15, 0.2) is 24.3 Å². The molecular formula is C8H11ClN4O4. The Morgan fingerprint density at radius 2 is 1.82 bits per heavy atom. The number of nitrogens with two attached hydrogens (primary N) is 2. The third kappa shape index (κ3) is 10.1. The van der Waals surface area contributed by atoms with Crippen LogP contribution in [0.4, 0.5) is 0 Å². The smallest absolute Gasteiger partial charge is 0.360 e. The average molecular weight is 263 g/mol. The lowest BCUT2D eigenvalue weighted by atomic mass is 10.2. The van der Waals surface area contributed by atoms with E-state index in [0.29, 0.717) is 11.6 Å². The Hall–Kier alpha value is -2.22. The van der Waals surface area contributed by atoms with E-state index in [-0.39, 0.29) is 5.96 Å². The van der Waals surface area contributed by atoms with Gasteiger partial charge in [0.25, 0.3) is 0 Å². The minimum Gasteiger partial charge on any atom is -0.360 e. The molecule has 1 rings (SSSR count). The van der Waals surface area contributed by atoms with Gasteiger partial charge in [0.2, 0.25) is 0 Å². The van der Waals surface area contributed by atoms with Gasteiger partial charge >= 0.3 is 5.96 Å². The first-order valence-electron chi connectivity index (χ1n) is 4.23. The molecule has 0 radical (unpaired) electrons. The molecular weight excluding hydrogens is 252 g/mol. The summed E-state index contributed by atoms with van der Waals surface area (Å²) in [6, 6.07) is 7.29. The molecule has 0 saturated carbocycles. The average Bonchev–Trinajstić information content (AvgIpc) is 2.19. The molecule has 1 aromatic rings. The second kappa shape index (κ2) is 7.99. The van der Waals surface area contributed by atoms with E-state index < -0.39 is 5.09 Å². The van der Waals surface area contributed by atoms with E-state index in [0.717, 1.165) is 5.56 Å². The molecule has 5 N–H and O–H groups in total. The number of nitrogens with one attached hydrogen (secondary N) is 1. The summed E-state index contributed by atoms with van der Waals surface area (Å²) < 4.78 is 0. The first kappa shape index (κ1) is 14.8. The molecule has 0 heterocycles. The van der Waals surface area contributed by atoms with Crippen LogP contribution in [0, 0.1) is 15.3 Å².